The summed E-state index contributed by atoms with van der Waals surface area (Å²) in [5, 5.41) is 22.6. The van der Waals surface area contributed by atoms with Gasteiger partial charge in [-0.1, -0.05) is 18.2 Å². The molecule has 8 heteroatoms. The van der Waals surface area contributed by atoms with Gasteiger partial charge in [0.15, 0.2) is 0 Å². The fourth-order valence-electron chi connectivity index (χ4n) is 3.06. The third kappa shape index (κ3) is 4.48. The van der Waals surface area contributed by atoms with Crippen molar-refractivity contribution in [1.29, 1.82) is 0 Å². The van der Waals surface area contributed by atoms with E-state index in [2.05, 4.69) is 22.4 Å². The lowest BCUT2D eigenvalue weighted by atomic mass is 10.1. The van der Waals surface area contributed by atoms with Gasteiger partial charge in [0, 0.05) is 23.9 Å². The summed E-state index contributed by atoms with van der Waals surface area (Å²) in [6.07, 6.45) is 2.85. The van der Waals surface area contributed by atoms with Crippen molar-refractivity contribution in [2.24, 2.45) is 0 Å². The minimum absolute atomic E-state index is 0.0279. The number of aromatic nitrogens is 3. The van der Waals surface area contributed by atoms with Crippen LogP contribution in [0.3, 0.4) is 0 Å². The van der Waals surface area contributed by atoms with Gasteiger partial charge in [-0.3, -0.25) is 14.9 Å². The summed E-state index contributed by atoms with van der Waals surface area (Å²) in [6.45, 7) is 4.09. The van der Waals surface area contributed by atoms with Crippen LogP contribution in [0.25, 0.3) is 22.8 Å². The summed E-state index contributed by atoms with van der Waals surface area (Å²) in [5.74, 6) is -0.354. The molecule has 8 nitrogen and oxygen atoms in total. The molecule has 1 amide bonds. The summed E-state index contributed by atoms with van der Waals surface area (Å²) in [7, 11) is 0. The average molecular weight is 413 g/mol. The first kappa shape index (κ1) is 20.0. The molecular weight excluding hydrogens is 394 g/mol. The van der Waals surface area contributed by atoms with Crippen LogP contribution in [0.15, 0.2) is 66.7 Å². The number of anilines is 1. The molecule has 154 valence electrons. The number of benzene rings is 3. The number of nitro groups is 1. The van der Waals surface area contributed by atoms with E-state index in [0.717, 1.165) is 11.3 Å². The normalized spacial score (nSPS) is 11.2. The van der Waals surface area contributed by atoms with Crippen LogP contribution < -0.4 is 5.32 Å². The molecule has 0 atom stereocenters. The third-order valence-electron chi connectivity index (χ3n) is 4.88. The fraction of sp³-hybridized carbons (Fsp3) is 0.0870. The topological polar surface area (TPSA) is 103 Å². The van der Waals surface area contributed by atoms with E-state index in [0.29, 0.717) is 22.3 Å². The van der Waals surface area contributed by atoms with Gasteiger partial charge < -0.3 is 5.32 Å². The number of nitrogens with zero attached hydrogens (tertiary/aromatic N) is 4. The lowest BCUT2D eigenvalue weighted by molar-refractivity contribution is -0.384. The number of non-ortho nitro benzene ring substituents is 1. The van der Waals surface area contributed by atoms with E-state index < -0.39 is 4.92 Å². The maximum atomic E-state index is 12.3. The summed E-state index contributed by atoms with van der Waals surface area (Å²) < 4.78 is 0. The molecule has 3 aromatic carbocycles. The molecule has 0 aliphatic heterocycles. The number of carbonyl (C=O) groups excluding carboxylic acids is 1. The first-order valence-electron chi connectivity index (χ1n) is 9.57. The standard InChI is InChI=1S/C23H19N5O3/c1-15-6-9-19(12-16(15)2)27-25-21-10-8-18(14-22(21)26-27)24-23(29)11-7-17-4-3-5-20(13-17)28(30)31/h3-14H,1-2H3,(H,24,29)/b11-7+. The molecule has 0 bridgehead atoms. The molecule has 0 unspecified atom stereocenters. The summed E-state index contributed by atoms with van der Waals surface area (Å²) in [6, 6.07) is 17.4. The van der Waals surface area contributed by atoms with Gasteiger partial charge in [0.2, 0.25) is 5.91 Å². The van der Waals surface area contributed by atoms with Gasteiger partial charge in [-0.2, -0.15) is 4.80 Å². The number of hydrogen-bond donors (Lipinski definition) is 1. The summed E-state index contributed by atoms with van der Waals surface area (Å²) >= 11 is 0. The van der Waals surface area contributed by atoms with E-state index in [1.807, 2.05) is 25.1 Å². The molecule has 0 aliphatic carbocycles. The van der Waals surface area contributed by atoms with Crippen LogP contribution in [0.4, 0.5) is 11.4 Å². The van der Waals surface area contributed by atoms with E-state index in [1.54, 1.807) is 35.1 Å². The van der Waals surface area contributed by atoms with Gasteiger partial charge >= 0.3 is 0 Å². The van der Waals surface area contributed by atoms with Gasteiger partial charge in [-0.05, 0) is 66.9 Å². The highest BCUT2D eigenvalue weighted by Crippen LogP contribution is 2.19. The lowest BCUT2D eigenvalue weighted by Gasteiger charge is -2.03. The Labute approximate surface area is 178 Å². The molecule has 0 radical (unpaired) electrons. The first-order valence-corrected chi connectivity index (χ1v) is 9.57. The van der Waals surface area contributed by atoms with E-state index >= 15 is 0 Å². The Balaban J connectivity index is 1.51. The second kappa shape index (κ2) is 8.19. The van der Waals surface area contributed by atoms with Gasteiger partial charge in [0.25, 0.3) is 5.69 Å². The molecular formula is C23H19N5O3. The van der Waals surface area contributed by atoms with Gasteiger partial charge in [-0.25, -0.2) is 0 Å². The number of hydrogen-bond acceptors (Lipinski definition) is 5. The van der Waals surface area contributed by atoms with Crippen LogP contribution in [-0.2, 0) is 4.79 Å². The SMILES string of the molecule is Cc1ccc(-n2nc3ccc(NC(=O)/C=C/c4cccc([N+](=O)[O-])c4)cc3n2)cc1C. The Morgan fingerprint density at radius 1 is 1.00 bits per heavy atom. The average Bonchev–Trinajstić information content (AvgIpc) is 3.18. The van der Waals surface area contributed by atoms with Crippen LogP contribution >= 0.6 is 0 Å². The van der Waals surface area contributed by atoms with E-state index in [-0.39, 0.29) is 11.6 Å². The molecule has 1 N–H and O–H groups in total. The minimum atomic E-state index is -0.474. The molecule has 31 heavy (non-hydrogen) atoms. The van der Waals surface area contributed by atoms with E-state index in [9.17, 15) is 14.9 Å². The number of fused-ring (bicyclic) bond motifs is 1. The van der Waals surface area contributed by atoms with E-state index in [4.69, 9.17) is 0 Å². The number of amides is 1. The maximum absolute atomic E-state index is 12.3. The molecule has 4 aromatic rings. The zero-order valence-electron chi connectivity index (χ0n) is 16.9. The summed E-state index contributed by atoms with van der Waals surface area (Å²) in [5.41, 5.74) is 5.70. The second-order valence-corrected chi connectivity index (χ2v) is 7.14. The molecule has 0 aliphatic rings. The molecule has 0 spiro atoms. The zero-order chi connectivity index (χ0) is 22.0. The van der Waals surface area contributed by atoms with Crippen LogP contribution in [0.1, 0.15) is 16.7 Å². The Hall–Kier alpha value is -4.33. The Morgan fingerprint density at radius 3 is 2.58 bits per heavy atom. The van der Waals surface area contributed by atoms with Crippen molar-refractivity contribution in [3.05, 3.63) is 93.5 Å². The van der Waals surface area contributed by atoms with Crippen molar-refractivity contribution in [1.82, 2.24) is 15.0 Å². The highest BCUT2D eigenvalue weighted by molar-refractivity contribution is 6.02. The fourth-order valence-corrected chi connectivity index (χ4v) is 3.06. The van der Waals surface area contributed by atoms with E-state index in [1.165, 1.54) is 29.8 Å². The molecule has 4 rings (SSSR count). The number of rotatable bonds is 5. The predicted molar refractivity (Wildman–Crippen MR) is 119 cm³/mol. The van der Waals surface area contributed by atoms with Crippen molar-refractivity contribution in [3.63, 3.8) is 0 Å². The highest BCUT2D eigenvalue weighted by atomic mass is 16.6. The number of carbonyl (C=O) groups is 1. The maximum Gasteiger partial charge on any atom is 0.270 e. The van der Waals surface area contributed by atoms with Crippen molar-refractivity contribution in [2.75, 3.05) is 5.32 Å². The van der Waals surface area contributed by atoms with Crippen molar-refractivity contribution >= 4 is 34.4 Å². The van der Waals surface area contributed by atoms with Crippen LogP contribution in [0.2, 0.25) is 0 Å². The van der Waals surface area contributed by atoms with Crippen LogP contribution in [0.5, 0.6) is 0 Å². The van der Waals surface area contributed by atoms with Crippen molar-refractivity contribution in [3.8, 4) is 5.69 Å². The van der Waals surface area contributed by atoms with Crippen molar-refractivity contribution in [2.45, 2.75) is 13.8 Å². The third-order valence-corrected chi connectivity index (χ3v) is 4.88. The smallest absolute Gasteiger partial charge is 0.270 e. The minimum Gasteiger partial charge on any atom is -0.322 e. The Bertz CT molecular complexity index is 1340. The lowest BCUT2D eigenvalue weighted by Crippen LogP contribution is -2.07. The Morgan fingerprint density at radius 2 is 1.81 bits per heavy atom. The first-order chi connectivity index (χ1) is 14.9. The zero-order valence-corrected chi connectivity index (χ0v) is 16.9. The van der Waals surface area contributed by atoms with Gasteiger partial charge in [-0.15, -0.1) is 10.2 Å². The largest absolute Gasteiger partial charge is 0.322 e. The highest BCUT2D eigenvalue weighted by Gasteiger charge is 2.08. The van der Waals surface area contributed by atoms with Gasteiger partial charge in [0.1, 0.15) is 11.0 Å². The number of nitrogens with one attached hydrogen (secondary N) is 1. The monoisotopic (exact) mass is 413 g/mol. The van der Waals surface area contributed by atoms with Gasteiger partial charge in [0.05, 0.1) is 10.6 Å². The number of aryl methyl sites for hydroxylation is 2. The van der Waals surface area contributed by atoms with Crippen LogP contribution in [-0.4, -0.2) is 25.8 Å². The molecule has 0 fully saturated rings. The quantitative estimate of drug-likeness (QED) is 0.293. The Kier molecular flexibility index (Phi) is 5.28. The second-order valence-electron chi connectivity index (χ2n) is 7.14. The van der Waals surface area contributed by atoms with Crippen molar-refractivity contribution < 1.29 is 9.72 Å². The molecule has 1 heterocycles. The number of nitro benzene ring substituents is 1. The van der Waals surface area contributed by atoms with Crippen LogP contribution in [0, 0.1) is 24.0 Å². The molecule has 0 saturated carbocycles. The summed E-state index contributed by atoms with van der Waals surface area (Å²) in [4.78, 5) is 24.2. The molecule has 1 aromatic heterocycles. The molecule has 0 saturated heterocycles. The predicted octanol–water partition coefficient (Wildman–Crippen LogP) is 4.60.